The number of para-hydroxylation sites is 8. The molecule has 22 rings (SSSR count). The molecule has 0 amide bonds. The summed E-state index contributed by atoms with van der Waals surface area (Å²) >= 11 is 0. The Morgan fingerprint density at radius 1 is 0.353 bits per heavy atom. The monoisotopic (exact) mass is 2160 g/mol. The van der Waals surface area contributed by atoms with Gasteiger partial charge in [-0.2, -0.15) is 10.2 Å². The van der Waals surface area contributed by atoms with Crippen LogP contribution in [-0.4, -0.2) is 69.9 Å². The Bertz CT molecular complexity index is 7760. The van der Waals surface area contributed by atoms with E-state index in [9.17, 15) is 27.2 Å². The number of nitrogens with zero attached hydrogens (tertiary/aromatic N) is 11. The Morgan fingerprint density at radius 2 is 0.632 bits per heavy atom. The molecule has 2 N–H and O–H groups in total. The Kier molecular flexibility index (Phi) is 26.9. The van der Waals surface area contributed by atoms with E-state index in [0.29, 0.717) is 47.5 Å². The topological polar surface area (TPSA) is 197 Å². The van der Waals surface area contributed by atoms with Crippen LogP contribution in [0.5, 0.6) is 23.0 Å². The zero-order valence-electron chi connectivity index (χ0n) is 73.2. The van der Waals surface area contributed by atoms with Gasteiger partial charge in [0.25, 0.3) is 0 Å². The number of aromatic nitrogens is 10. The molecular formula is C111H79F4Ir2N11O8-2. The van der Waals surface area contributed by atoms with Crippen LogP contribution < -0.4 is 18.9 Å². The molecule has 0 fully saturated rings. The molecule has 0 aliphatic heterocycles. The smallest absolute Gasteiger partial charge is 0.356 e. The number of fused-ring (bicyclic) bond motifs is 12. The van der Waals surface area contributed by atoms with Gasteiger partial charge in [-0.15, -0.1) is 29.8 Å². The van der Waals surface area contributed by atoms with Crippen molar-refractivity contribution in [1.29, 1.82) is 0 Å². The summed E-state index contributed by atoms with van der Waals surface area (Å²) in [6, 6.07) is 115. The fraction of sp³-hybridized carbons (Fsp3) is 0.0721. The van der Waals surface area contributed by atoms with Crippen molar-refractivity contribution in [2.24, 2.45) is 14.1 Å². The standard InChI is InChI=1S/C50H31F2N4O2.C49H32F2N3O2.2C6H8N2O2.2Ir/c1-53-50-43(51)23-22-42(49(50)52)44-28-32(24-25-54-44)30-57-36-18-20-37(21-19-36)58-31-33-26-34(55-45-14-6-2-10-38(45)39-11-3-7-15-46(39)55)29-35(27-33)56-47-16-8-4-12-40(47)41-13-5-9-17-48(41)56;50-34-17-22-43(44(51)28-34)45-27-32(23-24-52-45)30-55-37-18-20-38(21-19-37)56-31-33-25-35(53-46-13-5-1-9-39(46)40-10-2-6-14-47(40)53)29-36(26-33)54-48-15-7-3-11-41(48)42-12-4-8-16-49(42)54;2*1-4-3-5(6(9)10)7-8(4)2;;/h2-21,23-29H,30-31H2;1-21,23-29H,30-31H2;2*3H,1-2H3,(H,9,10);;/q2*-1;;;;. The van der Waals surface area contributed by atoms with Gasteiger partial charge in [0, 0.05) is 167 Å². The predicted octanol–water partition coefficient (Wildman–Crippen LogP) is 25.8. The number of halogens is 4. The Labute approximate surface area is 804 Å². The van der Waals surface area contributed by atoms with E-state index in [2.05, 4.69) is 286 Å². The molecule has 0 saturated heterocycles. The van der Waals surface area contributed by atoms with Crippen molar-refractivity contribution < 1.29 is 96.5 Å². The Balaban J connectivity index is 0.000000155. The number of aryl methyl sites for hydroxylation is 4. The molecule has 0 aliphatic rings. The van der Waals surface area contributed by atoms with Gasteiger partial charge in [-0.25, -0.2) is 9.59 Å². The summed E-state index contributed by atoms with van der Waals surface area (Å²) < 4.78 is 93.9. The third-order valence-corrected chi connectivity index (χ3v) is 23.3. The molecule has 0 aliphatic carbocycles. The second-order valence-electron chi connectivity index (χ2n) is 31.9. The third-order valence-electron chi connectivity index (χ3n) is 23.3. The van der Waals surface area contributed by atoms with Gasteiger partial charge in [0.05, 0.1) is 50.7 Å². The van der Waals surface area contributed by atoms with Gasteiger partial charge < -0.3 is 57.4 Å². The number of ether oxygens (including phenoxy) is 4. The number of carbonyl (C=O) groups is 2. The molecule has 136 heavy (non-hydrogen) atoms. The van der Waals surface area contributed by atoms with Gasteiger partial charge in [0.15, 0.2) is 17.1 Å². The van der Waals surface area contributed by atoms with Crippen LogP contribution in [-0.2, 0) is 80.7 Å². The molecule has 8 aromatic heterocycles. The summed E-state index contributed by atoms with van der Waals surface area (Å²) in [7, 11) is 3.42. The van der Waals surface area contributed by atoms with Crippen LogP contribution in [0.3, 0.4) is 0 Å². The van der Waals surface area contributed by atoms with Crippen LogP contribution in [0, 0.1) is 55.8 Å². The van der Waals surface area contributed by atoms with Crippen molar-refractivity contribution >= 4 is 105 Å². The van der Waals surface area contributed by atoms with E-state index in [0.717, 1.165) is 113 Å². The molecule has 0 bridgehead atoms. The first kappa shape index (κ1) is 91.5. The minimum absolute atomic E-state index is 0. The summed E-state index contributed by atoms with van der Waals surface area (Å²) in [5, 5.41) is 33.9. The summed E-state index contributed by atoms with van der Waals surface area (Å²) in [6.07, 6.45) is 3.09. The summed E-state index contributed by atoms with van der Waals surface area (Å²) in [5.41, 5.74) is 18.6. The van der Waals surface area contributed by atoms with Gasteiger partial charge in [-0.05, 0) is 205 Å². The number of aromatic carboxylic acids is 2. The summed E-state index contributed by atoms with van der Waals surface area (Å²) in [5.74, 6) is -2.67. The molecule has 0 unspecified atom stereocenters. The van der Waals surface area contributed by atoms with E-state index in [4.69, 9.17) is 35.7 Å². The molecule has 0 spiro atoms. The number of hydrogen-bond acceptors (Lipinski definition) is 10. The van der Waals surface area contributed by atoms with E-state index in [1.807, 2.05) is 48.5 Å². The average Bonchev–Trinajstić information content (AvgIpc) is 1.58. The minimum Gasteiger partial charge on any atom is -0.489 e. The third kappa shape index (κ3) is 18.8. The molecule has 8 heterocycles. The zero-order chi connectivity index (χ0) is 92.2. The maximum absolute atomic E-state index is 14.8. The number of hydrogen-bond donors (Lipinski definition) is 2. The van der Waals surface area contributed by atoms with Crippen molar-refractivity contribution in [3.63, 3.8) is 0 Å². The molecule has 22 aromatic rings. The molecule has 25 heteroatoms. The Hall–Kier alpha value is -16.4. The minimum atomic E-state index is -0.988. The van der Waals surface area contributed by atoms with E-state index in [1.165, 1.54) is 70.8 Å². The van der Waals surface area contributed by atoms with Crippen LogP contribution in [0.2, 0.25) is 0 Å². The van der Waals surface area contributed by atoms with Crippen LogP contribution >= 0.6 is 0 Å². The van der Waals surface area contributed by atoms with Crippen LogP contribution in [0.15, 0.2) is 346 Å². The molecule has 14 aromatic carbocycles. The number of carboxylic acid groups (broad SMARTS) is 2. The molecular weight excluding hydrogens is 2080 g/mol. The Morgan fingerprint density at radius 3 is 0.897 bits per heavy atom. The van der Waals surface area contributed by atoms with Crippen molar-refractivity contribution in [2.75, 3.05) is 0 Å². The first-order valence-electron chi connectivity index (χ1n) is 42.8. The largest absolute Gasteiger partial charge is 0.489 e. The number of carboxylic acids is 2. The van der Waals surface area contributed by atoms with Crippen molar-refractivity contribution in [3.05, 3.63) is 438 Å². The number of pyridine rings is 2. The van der Waals surface area contributed by atoms with Crippen molar-refractivity contribution in [1.82, 2.24) is 47.8 Å². The first-order chi connectivity index (χ1) is 65.3. The van der Waals surface area contributed by atoms with Gasteiger partial charge in [-0.1, -0.05) is 169 Å². The second-order valence-corrected chi connectivity index (χ2v) is 31.9. The SMILES string of the molecule is Cc1cc(C(=O)O)nn1C.Cc1cc(C(=O)O)nn1C.Fc1c[c-]c(-c2cc(COc3ccc(OCc4cc(-n5c6ccccc6c6ccccc65)cc(-n5c6ccccc6c6ccccc65)c4)cc3)ccn2)c(F)c1.[C-]#[N+]c1c(F)c[c-]c(-c2cc(COc3ccc(OCc4cc(-n5c6ccccc6c6ccccc65)cc(-n5c6ccccc6c6ccccc65)c4)cc3)ccn2)c1F.[Ir].[Ir]. The molecule has 0 saturated carbocycles. The van der Waals surface area contributed by atoms with E-state index < -0.39 is 40.9 Å². The fourth-order valence-corrected chi connectivity index (χ4v) is 16.9. The van der Waals surface area contributed by atoms with E-state index >= 15 is 0 Å². The van der Waals surface area contributed by atoms with E-state index in [1.54, 1.807) is 58.4 Å². The molecule has 19 nitrogen and oxygen atoms in total. The average molecular weight is 2160 g/mol. The fourth-order valence-electron chi connectivity index (χ4n) is 16.9. The van der Waals surface area contributed by atoms with Gasteiger partial charge in [0.1, 0.15) is 49.4 Å². The first-order valence-corrected chi connectivity index (χ1v) is 42.8. The molecule has 0 atom stereocenters. The second kappa shape index (κ2) is 40.0. The maximum Gasteiger partial charge on any atom is 0.356 e. The summed E-state index contributed by atoms with van der Waals surface area (Å²) in [6.45, 7) is 11.8. The van der Waals surface area contributed by atoms with Crippen molar-refractivity contribution in [2.45, 2.75) is 40.3 Å². The van der Waals surface area contributed by atoms with Gasteiger partial charge in [0.2, 0.25) is 0 Å². The predicted molar refractivity (Wildman–Crippen MR) is 513 cm³/mol. The molecule has 674 valence electrons. The normalized spacial score (nSPS) is 11.1. The number of rotatable bonds is 20. The molecule has 2 radical (unpaired) electrons. The van der Waals surface area contributed by atoms with Crippen LogP contribution in [0.1, 0.15) is 54.6 Å². The maximum atomic E-state index is 14.8. The summed E-state index contributed by atoms with van der Waals surface area (Å²) in [4.78, 5) is 32.0. The van der Waals surface area contributed by atoms with Crippen LogP contribution in [0.4, 0.5) is 23.2 Å². The number of benzene rings is 14. The zero-order valence-corrected chi connectivity index (χ0v) is 78.0. The van der Waals surface area contributed by atoms with Crippen LogP contribution in [0.25, 0.3) is 137 Å². The quantitative estimate of drug-likeness (QED) is 0.0542. The van der Waals surface area contributed by atoms with Crippen molar-refractivity contribution in [3.8, 4) is 68.3 Å². The van der Waals surface area contributed by atoms with Gasteiger partial charge >= 0.3 is 11.9 Å². The van der Waals surface area contributed by atoms with E-state index in [-0.39, 0.29) is 81.6 Å². The van der Waals surface area contributed by atoms with Gasteiger partial charge in [-0.3, -0.25) is 31.8 Å².